The number of anilines is 1. The SMILES string of the molecule is Bc1ccc(N2C[C@H]3CC45CCC2C3C42CCN(CC3CC3)C5Cc3ccc(O)cc32)nc1. The third kappa shape index (κ3) is 2.35. The number of aromatic nitrogens is 1. The molecule has 2 saturated heterocycles. The number of hydrogen-bond acceptors (Lipinski definition) is 4. The Kier molecular flexibility index (Phi) is 3.72. The van der Waals surface area contributed by atoms with E-state index < -0.39 is 0 Å². The lowest BCUT2D eigenvalue weighted by molar-refractivity contribution is -0.0921. The molecular formula is C28H34BN3O. The Morgan fingerprint density at radius 3 is 2.85 bits per heavy atom. The van der Waals surface area contributed by atoms with Gasteiger partial charge in [-0.15, -0.1) is 0 Å². The van der Waals surface area contributed by atoms with Gasteiger partial charge in [-0.2, -0.15) is 0 Å². The molecule has 0 spiro atoms. The minimum Gasteiger partial charge on any atom is -0.508 e. The molecule has 0 radical (unpaired) electrons. The third-order valence-corrected chi connectivity index (χ3v) is 11.0. The highest BCUT2D eigenvalue weighted by Gasteiger charge is 2.76. The Labute approximate surface area is 197 Å². The zero-order valence-electron chi connectivity index (χ0n) is 19.7. The number of rotatable bonds is 3. The number of aromatic hydroxyl groups is 1. The van der Waals surface area contributed by atoms with Gasteiger partial charge in [0.25, 0.3) is 0 Å². The van der Waals surface area contributed by atoms with E-state index in [1.807, 2.05) is 12.3 Å². The standard InChI is InChI=1S/C28H34BN3O/c29-20-4-6-25(30-14-20)32-16-19-13-27-8-7-23(32)26(19)28(27)9-10-31(15-17-1-2-17)24(27)11-18-3-5-21(33)12-22(18)28/h3-6,12,14,17,19,23-24,26,33H,1-2,7-11,13,15-16,29H2/t19-,23?,24?,26?,27?,28?/m1/s1. The minimum absolute atomic E-state index is 0.233. The summed E-state index contributed by atoms with van der Waals surface area (Å²) in [6.45, 7) is 3.74. The van der Waals surface area contributed by atoms with Crippen molar-refractivity contribution in [2.45, 2.75) is 62.4 Å². The lowest BCUT2D eigenvalue weighted by atomic mass is 9.43. The number of likely N-dealkylation sites (tertiary alicyclic amines) is 1. The van der Waals surface area contributed by atoms with Crippen molar-refractivity contribution in [2.75, 3.05) is 24.5 Å². The number of hydrogen-bond donors (Lipinski definition) is 1. The maximum Gasteiger partial charge on any atom is 0.141 e. The quantitative estimate of drug-likeness (QED) is 0.747. The zero-order valence-corrected chi connectivity index (χ0v) is 19.7. The molecule has 4 nitrogen and oxygen atoms in total. The lowest BCUT2D eigenvalue weighted by Crippen LogP contribution is -2.69. The van der Waals surface area contributed by atoms with Crippen molar-refractivity contribution in [3.05, 3.63) is 47.7 Å². The molecule has 33 heavy (non-hydrogen) atoms. The van der Waals surface area contributed by atoms with Crippen LogP contribution in [0, 0.1) is 23.2 Å². The average Bonchev–Trinajstić information content (AvgIpc) is 3.50. The lowest BCUT2D eigenvalue weighted by Gasteiger charge is -2.66. The predicted octanol–water partition coefficient (Wildman–Crippen LogP) is 2.63. The van der Waals surface area contributed by atoms with Crippen LogP contribution in [0.25, 0.3) is 0 Å². The first-order valence-electron chi connectivity index (χ1n) is 13.3. The van der Waals surface area contributed by atoms with Gasteiger partial charge in [-0.25, -0.2) is 4.98 Å². The van der Waals surface area contributed by atoms with E-state index in [4.69, 9.17) is 4.98 Å². The van der Waals surface area contributed by atoms with Crippen LogP contribution >= 0.6 is 0 Å². The number of piperidine rings is 1. The van der Waals surface area contributed by atoms with Gasteiger partial charge in [0.15, 0.2) is 0 Å². The van der Waals surface area contributed by atoms with Crippen molar-refractivity contribution in [3.8, 4) is 5.75 Å². The van der Waals surface area contributed by atoms with E-state index in [0.29, 0.717) is 29.2 Å². The molecule has 4 aliphatic carbocycles. The van der Waals surface area contributed by atoms with Gasteiger partial charge in [0.05, 0.1) is 0 Å². The van der Waals surface area contributed by atoms with Gasteiger partial charge < -0.3 is 10.0 Å². The van der Waals surface area contributed by atoms with Gasteiger partial charge in [0, 0.05) is 36.8 Å². The smallest absolute Gasteiger partial charge is 0.141 e. The number of nitrogens with zero attached hydrogens (tertiary/aromatic N) is 3. The zero-order chi connectivity index (χ0) is 21.9. The van der Waals surface area contributed by atoms with Crippen LogP contribution in [0.5, 0.6) is 5.75 Å². The predicted molar refractivity (Wildman–Crippen MR) is 133 cm³/mol. The van der Waals surface area contributed by atoms with Crippen LogP contribution in [0.3, 0.4) is 0 Å². The van der Waals surface area contributed by atoms with Crippen LogP contribution in [0.15, 0.2) is 36.5 Å². The molecular weight excluding hydrogens is 405 g/mol. The summed E-state index contributed by atoms with van der Waals surface area (Å²) in [6.07, 6.45) is 11.4. The van der Waals surface area contributed by atoms with Crippen molar-refractivity contribution in [1.29, 1.82) is 0 Å². The van der Waals surface area contributed by atoms with Gasteiger partial charge in [0.1, 0.15) is 19.4 Å². The van der Waals surface area contributed by atoms with E-state index in [1.54, 1.807) is 0 Å². The average molecular weight is 439 g/mol. The molecule has 3 saturated carbocycles. The van der Waals surface area contributed by atoms with Gasteiger partial charge in [-0.1, -0.05) is 17.6 Å². The molecule has 170 valence electrons. The number of fused-ring (bicyclic) bond motifs is 1. The molecule has 1 aromatic heterocycles. The van der Waals surface area contributed by atoms with Crippen LogP contribution in [-0.4, -0.2) is 54.6 Å². The molecule has 6 aliphatic rings. The molecule has 0 amide bonds. The van der Waals surface area contributed by atoms with Crippen LogP contribution < -0.4 is 10.4 Å². The van der Waals surface area contributed by atoms with E-state index in [1.165, 1.54) is 87.0 Å². The molecule has 8 rings (SSSR count). The molecule has 5 fully saturated rings. The van der Waals surface area contributed by atoms with Crippen molar-refractivity contribution >= 4 is 19.1 Å². The number of phenolic OH excluding ortho intramolecular Hbond substituents is 1. The maximum atomic E-state index is 10.6. The van der Waals surface area contributed by atoms with E-state index in [9.17, 15) is 5.11 Å². The summed E-state index contributed by atoms with van der Waals surface area (Å²) in [5.74, 6) is 4.04. The van der Waals surface area contributed by atoms with Gasteiger partial charge in [0.2, 0.25) is 0 Å². The molecule has 1 aromatic carbocycles. The number of phenols is 1. The number of pyridine rings is 1. The van der Waals surface area contributed by atoms with Crippen molar-refractivity contribution < 1.29 is 5.11 Å². The number of benzene rings is 1. The van der Waals surface area contributed by atoms with E-state index >= 15 is 0 Å². The van der Waals surface area contributed by atoms with Crippen molar-refractivity contribution in [3.63, 3.8) is 0 Å². The summed E-state index contributed by atoms with van der Waals surface area (Å²) in [6, 6.07) is 12.2. The van der Waals surface area contributed by atoms with Crippen LogP contribution in [0.1, 0.15) is 49.7 Å². The summed E-state index contributed by atoms with van der Waals surface area (Å²) in [5, 5.41) is 10.6. The molecule has 5 heteroatoms. The Bertz CT molecular complexity index is 1130. The second-order valence-electron chi connectivity index (χ2n) is 12.3. The molecule has 3 heterocycles. The Morgan fingerprint density at radius 2 is 2.03 bits per heavy atom. The second-order valence-corrected chi connectivity index (χ2v) is 12.3. The van der Waals surface area contributed by atoms with E-state index in [0.717, 1.165) is 11.8 Å². The van der Waals surface area contributed by atoms with Crippen LogP contribution in [-0.2, 0) is 11.8 Å². The molecule has 5 unspecified atom stereocenters. The highest BCUT2D eigenvalue weighted by atomic mass is 16.3. The van der Waals surface area contributed by atoms with E-state index in [2.05, 4.69) is 41.9 Å². The molecule has 4 bridgehead atoms. The summed E-state index contributed by atoms with van der Waals surface area (Å²) in [7, 11) is 2.13. The largest absolute Gasteiger partial charge is 0.508 e. The van der Waals surface area contributed by atoms with Gasteiger partial charge >= 0.3 is 0 Å². The second kappa shape index (κ2) is 6.35. The van der Waals surface area contributed by atoms with Crippen LogP contribution in [0.2, 0.25) is 0 Å². The fourth-order valence-corrected chi connectivity index (χ4v) is 9.84. The molecule has 2 aromatic rings. The molecule has 1 N–H and O–H groups in total. The van der Waals surface area contributed by atoms with E-state index in [-0.39, 0.29) is 5.41 Å². The van der Waals surface area contributed by atoms with Crippen molar-refractivity contribution in [1.82, 2.24) is 9.88 Å². The maximum absolute atomic E-state index is 10.6. The van der Waals surface area contributed by atoms with Gasteiger partial charge in [-0.05, 0) is 104 Å². The highest BCUT2D eigenvalue weighted by Crippen LogP contribution is 2.75. The fraction of sp³-hybridized carbons (Fsp3) is 0.607. The topological polar surface area (TPSA) is 39.6 Å². The Balaban J connectivity index is 1.28. The summed E-state index contributed by atoms with van der Waals surface area (Å²) in [4.78, 5) is 10.5. The molecule has 2 aliphatic heterocycles. The third-order valence-electron chi connectivity index (χ3n) is 11.0. The first-order chi connectivity index (χ1) is 16.1. The highest BCUT2D eigenvalue weighted by molar-refractivity contribution is 6.32. The monoisotopic (exact) mass is 439 g/mol. The van der Waals surface area contributed by atoms with Crippen LogP contribution in [0.4, 0.5) is 5.82 Å². The Morgan fingerprint density at radius 1 is 1.12 bits per heavy atom. The van der Waals surface area contributed by atoms with Crippen molar-refractivity contribution in [2.24, 2.45) is 23.2 Å². The first kappa shape index (κ1) is 19.3. The summed E-state index contributed by atoms with van der Waals surface area (Å²) >= 11 is 0. The van der Waals surface area contributed by atoms with Gasteiger partial charge in [-0.3, -0.25) is 4.90 Å². The fourth-order valence-electron chi connectivity index (χ4n) is 9.84. The normalized spacial score (nSPS) is 40.5. The Hall–Kier alpha value is -2.01. The summed E-state index contributed by atoms with van der Waals surface area (Å²) in [5.41, 5.74) is 4.93. The first-order valence-corrected chi connectivity index (χ1v) is 13.3. The summed E-state index contributed by atoms with van der Waals surface area (Å²) < 4.78 is 0. The minimum atomic E-state index is 0.233. The molecule has 6 atom stereocenters.